The molecular formula is C14H20N4S. The molecule has 1 aliphatic heterocycles. The molecule has 2 atom stereocenters. The van der Waals surface area contributed by atoms with Crippen LogP contribution in [0.1, 0.15) is 23.2 Å². The van der Waals surface area contributed by atoms with Crippen molar-refractivity contribution in [1.82, 2.24) is 19.8 Å². The largest absolute Gasteiger partial charge is 0.336 e. The topological polar surface area (TPSA) is 33.1 Å². The molecule has 19 heavy (non-hydrogen) atoms. The van der Waals surface area contributed by atoms with Crippen molar-refractivity contribution in [2.75, 3.05) is 20.1 Å². The fraction of sp³-hybridized carbons (Fsp3) is 0.500. The van der Waals surface area contributed by atoms with Gasteiger partial charge in [0, 0.05) is 36.9 Å². The zero-order chi connectivity index (χ0) is 13.2. The van der Waals surface area contributed by atoms with Crippen LogP contribution in [0.5, 0.6) is 0 Å². The van der Waals surface area contributed by atoms with Crippen LogP contribution in [-0.2, 0) is 7.05 Å². The minimum absolute atomic E-state index is 0.205. The molecule has 1 N–H and O–H groups in total. The van der Waals surface area contributed by atoms with Gasteiger partial charge in [-0.3, -0.25) is 5.32 Å². The summed E-state index contributed by atoms with van der Waals surface area (Å²) in [4.78, 5) is 8.24. The van der Waals surface area contributed by atoms with Gasteiger partial charge in [0.1, 0.15) is 11.9 Å². The molecule has 2 aromatic heterocycles. The Morgan fingerprint density at radius 1 is 1.47 bits per heavy atom. The lowest BCUT2D eigenvalue weighted by Gasteiger charge is -2.22. The zero-order valence-corrected chi connectivity index (χ0v) is 12.2. The van der Waals surface area contributed by atoms with E-state index in [9.17, 15) is 0 Å². The lowest BCUT2D eigenvalue weighted by Crippen LogP contribution is -2.36. The second-order valence-electron chi connectivity index (χ2n) is 5.26. The molecule has 4 nitrogen and oxygen atoms in total. The van der Waals surface area contributed by atoms with Crippen molar-refractivity contribution in [3.05, 3.63) is 40.6 Å². The first-order valence-corrected chi connectivity index (χ1v) is 7.57. The molecule has 0 spiro atoms. The normalized spacial score (nSPS) is 21.9. The number of likely N-dealkylation sites (N-methyl/N-ethyl adjacent to an activating group) is 1. The van der Waals surface area contributed by atoms with Gasteiger partial charge in [-0.25, -0.2) is 4.98 Å². The summed E-state index contributed by atoms with van der Waals surface area (Å²) in [6, 6.07) is 5.05. The lowest BCUT2D eigenvalue weighted by molar-refractivity contribution is 0.388. The van der Waals surface area contributed by atoms with E-state index in [-0.39, 0.29) is 6.04 Å². The highest BCUT2D eigenvalue weighted by molar-refractivity contribution is 7.10. The number of aryl methyl sites for hydroxylation is 1. The van der Waals surface area contributed by atoms with Gasteiger partial charge in [-0.1, -0.05) is 6.07 Å². The van der Waals surface area contributed by atoms with Crippen LogP contribution in [0.25, 0.3) is 0 Å². The van der Waals surface area contributed by atoms with Crippen LogP contribution < -0.4 is 5.32 Å². The van der Waals surface area contributed by atoms with Gasteiger partial charge < -0.3 is 9.47 Å². The van der Waals surface area contributed by atoms with E-state index in [0.29, 0.717) is 6.04 Å². The third-order valence-corrected chi connectivity index (χ3v) is 4.68. The molecular weight excluding hydrogens is 256 g/mol. The fourth-order valence-corrected chi connectivity index (χ4v) is 3.48. The van der Waals surface area contributed by atoms with Gasteiger partial charge in [-0.15, -0.1) is 11.3 Å². The van der Waals surface area contributed by atoms with Crippen LogP contribution in [0, 0.1) is 0 Å². The fourth-order valence-electron chi connectivity index (χ4n) is 2.70. The summed E-state index contributed by atoms with van der Waals surface area (Å²) in [6.45, 7) is 2.29. The number of rotatable bonds is 4. The van der Waals surface area contributed by atoms with E-state index in [2.05, 4.69) is 51.4 Å². The Morgan fingerprint density at radius 2 is 2.37 bits per heavy atom. The van der Waals surface area contributed by atoms with Crippen molar-refractivity contribution in [1.29, 1.82) is 0 Å². The minimum atomic E-state index is 0.205. The summed E-state index contributed by atoms with van der Waals surface area (Å²) in [5, 5.41) is 5.91. The maximum Gasteiger partial charge on any atom is 0.131 e. The van der Waals surface area contributed by atoms with E-state index in [1.165, 1.54) is 17.8 Å². The third-order valence-electron chi connectivity index (χ3n) is 3.74. The molecule has 0 amide bonds. The third kappa shape index (κ3) is 2.73. The molecule has 0 bridgehead atoms. The van der Waals surface area contributed by atoms with Gasteiger partial charge in [-0.05, 0) is 31.5 Å². The molecule has 5 heteroatoms. The average molecular weight is 276 g/mol. The van der Waals surface area contributed by atoms with Crippen LogP contribution in [0.2, 0.25) is 0 Å². The van der Waals surface area contributed by atoms with Crippen LogP contribution >= 0.6 is 11.3 Å². The summed E-state index contributed by atoms with van der Waals surface area (Å²) in [5.74, 6) is 1.09. The first-order valence-electron chi connectivity index (χ1n) is 6.69. The quantitative estimate of drug-likeness (QED) is 0.925. The Morgan fingerprint density at radius 3 is 2.95 bits per heavy atom. The molecule has 3 heterocycles. The maximum absolute atomic E-state index is 4.53. The van der Waals surface area contributed by atoms with Crippen molar-refractivity contribution >= 4 is 11.3 Å². The van der Waals surface area contributed by atoms with Gasteiger partial charge in [0.2, 0.25) is 0 Å². The van der Waals surface area contributed by atoms with Crippen LogP contribution in [0.15, 0.2) is 29.9 Å². The number of nitrogens with zero attached hydrogens (tertiary/aromatic N) is 3. The highest BCUT2D eigenvalue weighted by atomic mass is 32.1. The number of likely N-dealkylation sites (tertiary alicyclic amines) is 1. The van der Waals surface area contributed by atoms with E-state index in [1.807, 2.05) is 12.4 Å². The first-order chi connectivity index (χ1) is 9.24. The van der Waals surface area contributed by atoms with E-state index < -0.39 is 0 Å². The second-order valence-corrected chi connectivity index (χ2v) is 6.24. The standard InChI is InChI=1S/C14H20N4S/c1-17-7-5-11(10-17)16-13(12-4-3-9-19-12)14-15-6-8-18(14)2/h3-4,6,8-9,11,13,16H,5,7,10H2,1-2H3. The minimum Gasteiger partial charge on any atom is -0.336 e. The predicted molar refractivity (Wildman–Crippen MR) is 78.4 cm³/mol. The lowest BCUT2D eigenvalue weighted by atomic mass is 10.1. The van der Waals surface area contributed by atoms with Crippen molar-refractivity contribution in [2.24, 2.45) is 7.05 Å². The molecule has 2 unspecified atom stereocenters. The number of thiophene rings is 1. The molecule has 1 saturated heterocycles. The van der Waals surface area contributed by atoms with E-state index in [0.717, 1.165) is 12.4 Å². The Bertz CT molecular complexity index is 519. The van der Waals surface area contributed by atoms with Gasteiger partial charge in [0.05, 0.1) is 0 Å². The Labute approximate surface area is 118 Å². The smallest absolute Gasteiger partial charge is 0.131 e. The van der Waals surface area contributed by atoms with Crippen molar-refractivity contribution in [3.63, 3.8) is 0 Å². The predicted octanol–water partition coefficient (Wildman–Crippen LogP) is 1.86. The van der Waals surface area contributed by atoms with Gasteiger partial charge in [0.25, 0.3) is 0 Å². The monoisotopic (exact) mass is 276 g/mol. The SMILES string of the molecule is CN1CCC(NC(c2cccs2)c2nccn2C)C1. The van der Waals surface area contributed by atoms with Crippen molar-refractivity contribution in [2.45, 2.75) is 18.5 Å². The van der Waals surface area contributed by atoms with Crippen LogP contribution in [-0.4, -0.2) is 40.6 Å². The number of hydrogen-bond acceptors (Lipinski definition) is 4. The van der Waals surface area contributed by atoms with E-state index in [4.69, 9.17) is 0 Å². The number of hydrogen-bond donors (Lipinski definition) is 1. The molecule has 0 radical (unpaired) electrons. The average Bonchev–Trinajstić information content (AvgIpc) is 3.08. The highest BCUT2D eigenvalue weighted by Crippen LogP contribution is 2.26. The summed E-state index contributed by atoms with van der Waals surface area (Å²) >= 11 is 1.79. The maximum atomic E-state index is 4.53. The van der Waals surface area contributed by atoms with Gasteiger partial charge in [-0.2, -0.15) is 0 Å². The summed E-state index contributed by atoms with van der Waals surface area (Å²) in [6.07, 6.45) is 5.10. The number of nitrogens with one attached hydrogen (secondary N) is 1. The molecule has 2 aromatic rings. The van der Waals surface area contributed by atoms with Crippen LogP contribution in [0.4, 0.5) is 0 Å². The van der Waals surface area contributed by atoms with Crippen molar-refractivity contribution < 1.29 is 0 Å². The molecule has 0 saturated carbocycles. The summed E-state index contributed by atoms with van der Waals surface area (Å²) in [5.41, 5.74) is 0. The Kier molecular flexibility index (Phi) is 3.68. The van der Waals surface area contributed by atoms with Crippen molar-refractivity contribution in [3.8, 4) is 0 Å². The molecule has 1 aliphatic rings. The highest BCUT2D eigenvalue weighted by Gasteiger charge is 2.26. The molecule has 1 fully saturated rings. The second kappa shape index (κ2) is 5.45. The first kappa shape index (κ1) is 12.8. The molecule has 0 aliphatic carbocycles. The summed E-state index contributed by atoms with van der Waals surface area (Å²) in [7, 11) is 4.24. The van der Waals surface area contributed by atoms with E-state index >= 15 is 0 Å². The molecule has 0 aromatic carbocycles. The van der Waals surface area contributed by atoms with Crippen LogP contribution in [0.3, 0.4) is 0 Å². The van der Waals surface area contributed by atoms with Gasteiger partial charge >= 0.3 is 0 Å². The zero-order valence-electron chi connectivity index (χ0n) is 11.4. The Hall–Kier alpha value is -1.17. The molecule has 3 rings (SSSR count). The number of aromatic nitrogens is 2. The summed E-state index contributed by atoms with van der Waals surface area (Å²) < 4.78 is 2.11. The number of imidazole rings is 1. The van der Waals surface area contributed by atoms with Gasteiger partial charge in [0.15, 0.2) is 0 Å². The van der Waals surface area contributed by atoms with E-state index in [1.54, 1.807) is 11.3 Å². The Balaban J connectivity index is 1.83. The molecule has 102 valence electrons.